The smallest absolute Gasteiger partial charge is 0.221 e. The lowest BCUT2D eigenvalue weighted by Gasteiger charge is -2.13. The van der Waals surface area contributed by atoms with Crippen LogP contribution in [-0.2, 0) is 4.79 Å². The Morgan fingerprint density at radius 2 is 1.96 bits per heavy atom. The van der Waals surface area contributed by atoms with Crippen molar-refractivity contribution in [3.05, 3.63) is 23.4 Å². The minimum Gasteiger partial charge on any atom is -0.508 e. The van der Waals surface area contributed by atoms with E-state index < -0.39 is 6.10 Å². The lowest BCUT2D eigenvalue weighted by Crippen LogP contribution is -2.10. The Bertz CT molecular complexity index is 752. The molecule has 0 aliphatic carbocycles. The van der Waals surface area contributed by atoms with E-state index in [0.717, 1.165) is 0 Å². The minimum atomic E-state index is -0.909. The van der Waals surface area contributed by atoms with Gasteiger partial charge >= 0.3 is 0 Å². The second-order valence-corrected chi connectivity index (χ2v) is 5.96. The van der Waals surface area contributed by atoms with Crippen molar-refractivity contribution in [2.24, 2.45) is 0 Å². The second kappa shape index (κ2) is 6.92. The predicted octanol–water partition coefficient (Wildman–Crippen LogP) is 3.28. The maximum atomic E-state index is 11.5. The standard InChI is InChI=1S/C17H22N2O5/c1-5-12(21)15-16(18-9(4)20)17(24-19-15)11-6-10(8(2)3)13(22)7-14(11)23/h6-8,12,21-23H,5H2,1-4H3,(H,18,20). The van der Waals surface area contributed by atoms with Crippen molar-refractivity contribution in [2.75, 3.05) is 5.32 Å². The largest absolute Gasteiger partial charge is 0.508 e. The van der Waals surface area contributed by atoms with Gasteiger partial charge in [0.2, 0.25) is 5.91 Å². The van der Waals surface area contributed by atoms with E-state index in [2.05, 4.69) is 10.5 Å². The van der Waals surface area contributed by atoms with E-state index in [1.165, 1.54) is 13.0 Å². The molecule has 1 aromatic carbocycles. The monoisotopic (exact) mass is 334 g/mol. The Balaban J connectivity index is 2.66. The number of carbonyl (C=O) groups excluding carboxylic acids is 1. The molecule has 4 N–H and O–H groups in total. The number of hydrogen-bond acceptors (Lipinski definition) is 6. The average molecular weight is 334 g/mol. The summed E-state index contributed by atoms with van der Waals surface area (Å²) in [5.41, 5.74) is 1.31. The normalized spacial score (nSPS) is 12.4. The van der Waals surface area contributed by atoms with Gasteiger partial charge in [-0.25, -0.2) is 0 Å². The zero-order valence-electron chi connectivity index (χ0n) is 14.1. The van der Waals surface area contributed by atoms with Crippen LogP contribution in [0.4, 0.5) is 5.69 Å². The van der Waals surface area contributed by atoms with Gasteiger partial charge in [-0.05, 0) is 24.0 Å². The molecule has 7 nitrogen and oxygen atoms in total. The van der Waals surface area contributed by atoms with Crippen molar-refractivity contribution in [1.29, 1.82) is 0 Å². The highest BCUT2D eigenvalue weighted by atomic mass is 16.5. The zero-order valence-corrected chi connectivity index (χ0v) is 14.1. The van der Waals surface area contributed by atoms with E-state index in [4.69, 9.17) is 4.52 Å². The Labute approximate surface area is 139 Å². The number of phenols is 2. The number of aromatic hydroxyl groups is 2. The number of aliphatic hydroxyl groups excluding tert-OH is 1. The summed E-state index contributed by atoms with van der Waals surface area (Å²) < 4.78 is 5.29. The molecule has 0 radical (unpaired) electrons. The number of anilines is 1. The van der Waals surface area contributed by atoms with E-state index in [9.17, 15) is 20.1 Å². The first-order chi connectivity index (χ1) is 11.3. The molecule has 1 aromatic heterocycles. The van der Waals surface area contributed by atoms with Gasteiger partial charge in [0.05, 0.1) is 5.56 Å². The van der Waals surface area contributed by atoms with Crippen LogP contribution < -0.4 is 5.32 Å². The second-order valence-electron chi connectivity index (χ2n) is 5.96. The highest BCUT2D eigenvalue weighted by molar-refractivity contribution is 5.94. The molecule has 2 aromatic rings. The maximum Gasteiger partial charge on any atom is 0.221 e. The van der Waals surface area contributed by atoms with Crippen molar-refractivity contribution in [3.63, 3.8) is 0 Å². The fraction of sp³-hybridized carbons (Fsp3) is 0.412. The van der Waals surface area contributed by atoms with Crippen molar-refractivity contribution in [1.82, 2.24) is 5.16 Å². The number of rotatable bonds is 5. The van der Waals surface area contributed by atoms with E-state index in [1.807, 2.05) is 13.8 Å². The summed E-state index contributed by atoms with van der Waals surface area (Å²) in [5, 5.41) is 36.7. The fourth-order valence-corrected chi connectivity index (χ4v) is 2.44. The molecule has 0 saturated heterocycles. The molecule has 0 saturated carbocycles. The molecule has 0 aliphatic heterocycles. The first kappa shape index (κ1) is 17.8. The van der Waals surface area contributed by atoms with Crippen molar-refractivity contribution >= 4 is 11.6 Å². The number of nitrogens with one attached hydrogen (secondary N) is 1. The predicted molar refractivity (Wildman–Crippen MR) is 88.9 cm³/mol. The van der Waals surface area contributed by atoms with Gasteiger partial charge in [0.15, 0.2) is 5.76 Å². The number of nitrogens with zero attached hydrogens (tertiary/aromatic N) is 1. The Morgan fingerprint density at radius 1 is 1.29 bits per heavy atom. The average Bonchev–Trinajstić information content (AvgIpc) is 2.89. The van der Waals surface area contributed by atoms with Gasteiger partial charge in [0.1, 0.15) is 29.0 Å². The van der Waals surface area contributed by atoms with Crippen molar-refractivity contribution in [2.45, 2.75) is 46.1 Å². The molecule has 1 amide bonds. The Hall–Kier alpha value is -2.54. The van der Waals surface area contributed by atoms with Gasteiger partial charge in [-0.1, -0.05) is 25.9 Å². The van der Waals surface area contributed by atoms with Crippen molar-refractivity contribution < 1.29 is 24.6 Å². The molecular formula is C17H22N2O5. The summed E-state index contributed by atoms with van der Waals surface area (Å²) in [6.45, 7) is 6.90. The van der Waals surface area contributed by atoms with Crippen LogP contribution in [0.2, 0.25) is 0 Å². The molecular weight excluding hydrogens is 312 g/mol. The highest BCUT2D eigenvalue weighted by Crippen LogP contribution is 2.42. The van der Waals surface area contributed by atoms with Crippen LogP contribution in [0.25, 0.3) is 11.3 Å². The molecule has 7 heteroatoms. The van der Waals surface area contributed by atoms with Crippen LogP contribution in [0, 0.1) is 0 Å². The van der Waals surface area contributed by atoms with Crippen LogP contribution in [0.15, 0.2) is 16.7 Å². The van der Waals surface area contributed by atoms with E-state index in [0.29, 0.717) is 12.0 Å². The number of phenolic OH excluding ortho intramolecular Hbond substituents is 2. The minimum absolute atomic E-state index is 0.0113. The summed E-state index contributed by atoms with van der Waals surface area (Å²) in [4.78, 5) is 11.5. The highest BCUT2D eigenvalue weighted by Gasteiger charge is 2.26. The lowest BCUT2D eigenvalue weighted by molar-refractivity contribution is -0.114. The third-order valence-electron chi connectivity index (χ3n) is 3.73. The van der Waals surface area contributed by atoms with Gasteiger partial charge in [0.25, 0.3) is 0 Å². The van der Waals surface area contributed by atoms with E-state index >= 15 is 0 Å². The van der Waals surface area contributed by atoms with Gasteiger partial charge in [-0.2, -0.15) is 0 Å². The van der Waals surface area contributed by atoms with Crippen LogP contribution in [-0.4, -0.2) is 26.4 Å². The van der Waals surface area contributed by atoms with E-state index in [1.54, 1.807) is 13.0 Å². The molecule has 24 heavy (non-hydrogen) atoms. The number of benzene rings is 1. The fourth-order valence-electron chi connectivity index (χ4n) is 2.44. The summed E-state index contributed by atoms with van der Waals surface area (Å²) >= 11 is 0. The summed E-state index contributed by atoms with van der Waals surface area (Å²) in [6, 6.07) is 2.81. The molecule has 0 spiro atoms. The zero-order chi connectivity index (χ0) is 18.0. The Kier molecular flexibility index (Phi) is 5.14. The molecule has 0 fully saturated rings. The van der Waals surface area contributed by atoms with Crippen molar-refractivity contribution in [3.8, 4) is 22.8 Å². The number of hydrogen-bond donors (Lipinski definition) is 4. The topological polar surface area (TPSA) is 116 Å². The summed E-state index contributed by atoms with van der Waals surface area (Å²) in [6.07, 6.45) is -0.523. The van der Waals surface area contributed by atoms with Crippen LogP contribution in [0.1, 0.15) is 57.4 Å². The van der Waals surface area contributed by atoms with Gasteiger partial charge in [-0.15, -0.1) is 0 Å². The number of aliphatic hydroxyl groups is 1. The molecule has 0 bridgehead atoms. The van der Waals surface area contributed by atoms with Gasteiger partial charge in [-0.3, -0.25) is 4.79 Å². The first-order valence-electron chi connectivity index (χ1n) is 7.77. The van der Waals surface area contributed by atoms with Crippen LogP contribution in [0.5, 0.6) is 11.5 Å². The van der Waals surface area contributed by atoms with Crippen LogP contribution in [0.3, 0.4) is 0 Å². The van der Waals surface area contributed by atoms with Gasteiger partial charge < -0.3 is 25.2 Å². The SMILES string of the molecule is CCC(O)c1noc(-c2cc(C(C)C)c(O)cc2O)c1NC(C)=O. The summed E-state index contributed by atoms with van der Waals surface area (Å²) in [5.74, 6) is -0.450. The lowest BCUT2D eigenvalue weighted by atomic mass is 9.97. The Morgan fingerprint density at radius 3 is 2.50 bits per heavy atom. The summed E-state index contributed by atoms with van der Waals surface area (Å²) in [7, 11) is 0. The molecule has 1 unspecified atom stereocenters. The molecule has 1 heterocycles. The third kappa shape index (κ3) is 3.35. The number of aromatic nitrogens is 1. The molecule has 1 atom stereocenters. The number of amides is 1. The first-order valence-corrected chi connectivity index (χ1v) is 7.77. The number of carbonyl (C=O) groups is 1. The molecule has 130 valence electrons. The quantitative estimate of drug-likeness (QED) is 0.667. The van der Waals surface area contributed by atoms with Crippen LogP contribution >= 0.6 is 0 Å². The maximum absolute atomic E-state index is 11.5. The molecule has 2 rings (SSSR count). The van der Waals surface area contributed by atoms with Gasteiger partial charge in [0, 0.05) is 13.0 Å². The molecule has 0 aliphatic rings. The third-order valence-corrected chi connectivity index (χ3v) is 3.73. The van der Waals surface area contributed by atoms with E-state index in [-0.39, 0.29) is 46.0 Å².